The summed E-state index contributed by atoms with van der Waals surface area (Å²) >= 11 is 5.86. The monoisotopic (exact) mass is 177 g/mol. The van der Waals surface area contributed by atoms with Crippen LogP contribution in [0.2, 0.25) is 0 Å². The largest absolute Gasteiger partial charge is 0.293 e. The van der Waals surface area contributed by atoms with Gasteiger partial charge in [0.05, 0.1) is 0 Å². The molecular formula is C8H13ClFN. The molecule has 0 unspecified atom stereocenters. The second kappa shape index (κ2) is 2.60. The molecule has 2 saturated heterocycles. The molecule has 2 aliphatic rings. The third-order valence-electron chi connectivity index (χ3n) is 3.01. The number of fused-ring (bicyclic) bond motifs is 1. The molecule has 2 atom stereocenters. The van der Waals surface area contributed by atoms with E-state index >= 15 is 0 Å². The van der Waals surface area contributed by atoms with Gasteiger partial charge in [-0.3, -0.25) is 4.90 Å². The molecule has 0 aliphatic carbocycles. The molecule has 2 heterocycles. The summed E-state index contributed by atoms with van der Waals surface area (Å²) in [6.07, 6.45) is 2.32. The van der Waals surface area contributed by atoms with Crippen molar-refractivity contribution in [3.63, 3.8) is 0 Å². The fourth-order valence-corrected chi connectivity index (χ4v) is 2.84. The van der Waals surface area contributed by atoms with Crippen LogP contribution in [0.3, 0.4) is 0 Å². The summed E-state index contributed by atoms with van der Waals surface area (Å²) in [6.45, 7) is 1.67. The van der Waals surface area contributed by atoms with E-state index in [1.807, 2.05) is 0 Å². The minimum absolute atomic E-state index is 0.0426. The summed E-state index contributed by atoms with van der Waals surface area (Å²) in [5, 5.41) is 0. The number of nitrogens with zero attached hydrogens (tertiary/aromatic N) is 1. The van der Waals surface area contributed by atoms with E-state index in [0.717, 1.165) is 13.0 Å². The molecule has 0 radical (unpaired) electrons. The maximum Gasteiger partial charge on any atom is 0.115 e. The van der Waals surface area contributed by atoms with Crippen molar-refractivity contribution in [2.75, 3.05) is 19.0 Å². The number of hydrogen-bond donors (Lipinski definition) is 0. The molecule has 0 spiro atoms. The van der Waals surface area contributed by atoms with E-state index in [9.17, 15) is 4.39 Å². The first kappa shape index (κ1) is 7.81. The van der Waals surface area contributed by atoms with Crippen molar-refractivity contribution >= 4 is 11.6 Å². The Morgan fingerprint density at radius 1 is 1.64 bits per heavy atom. The molecule has 0 aromatic rings. The van der Waals surface area contributed by atoms with Crippen molar-refractivity contribution in [3.8, 4) is 0 Å². The van der Waals surface area contributed by atoms with E-state index in [1.54, 1.807) is 0 Å². The predicted octanol–water partition coefficient (Wildman–Crippen LogP) is 1.80. The Labute approximate surface area is 71.5 Å². The van der Waals surface area contributed by atoms with E-state index < -0.39 is 6.17 Å². The van der Waals surface area contributed by atoms with Crippen molar-refractivity contribution in [2.45, 2.75) is 31.0 Å². The average molecular weight is 178 g/mol. The molecule has 2 aliphatic heterocycles. The van der Waals surface area contributed by atoms with Gasteiger partial charge in [-0.15, -0.1) is 11.6 Å². The van der Waals surface area contributed by atoms with Gasteiger partial charge in [0.15, 0.2) is 0 Å². The van der Waals surface area contributed by atoms with Crippen LogP contribution in [0.4, 0.5) is 4.39 Å². The lowest BCUT2D eigenvalue weighted by Gasteiger charge is -2.28. The molecule has 64 valence electrons. The number of hydrogen-bond acceptors (Lipinski definition) is 1. The summed E-state index contributed by atoms with van der Waals surface area (Å²) < 4.78 is 13.0. The highest BCUT2D eigenvalue weighted by atomic mass is 35.5. The first-order valence-electron chi connectivity index (χ1n) is 4.22. The minimum atomic E-state index is -0.631. The van der Waals surface area contributed by atoms with Gasteiger partial charge in [-0.2, -0.15) is 0 Å². The summed E-state index contributed by atoms with van der Waals surface area (Å²) in [5.41, 5.74) is 0.0426. The first-order valence-corrected chi connectivity index (χ1v) is 4.75. The second-order valence-electron chi connectivity index (χ2n) is 3.71. The molecule has 2 fully saturated rings. The smallest absolute Gasteiger partial charge is 0.115 e. The summed E-state index contributed by atoms with van der Waals surface area (Å²) in [7, 11) is 0. The molecule has 0 N–H and O–H groups in total. The van der Waals surface area contributed by atoms with E-state index in [2.05, 4.69) is 4.90 Å². The molecule has 3 heteroatoms. The Morgan fingerprint density at radius 2 is 2.45 bits per heavy atom. The van der Waals surface area contributed by atoms with E-state index in [0.29, 0.717) is 18.8 Å². The normalized spacial score (nSPS) is 44.7. The third kappa shape index (κ3) is 1.07. The van der Waals surface area contributed by atoms with E-state index in [4.69, 9.17) is 11.6 Å². The van der Waals surface area contributed by atoms with Gasteiger partial charge in [0.25, 0.3) is 0 Å². The standard InChI is InChI=1S/C8H13ClFN/c9-6-8-2-1-3-11(8)5-7(10)4-8/h7H,1-6H2/t7-,8+/m0/s1. The van der Waals surface area contributed by atoms with Gasteiger partial charge >= 0.3 is 0 Å². The molecule has 2 rings (SSSR count). The fourth-order valence-electron chi connectivity index (χ4n) is 2.43. The lowest BCUT2D eigenvalue weighted by Crippen LogP contribution is -2.39. The molecule has 11 heavy (non-hydrogen) atoms. The molecule has 0 bridgehead atoms. The van der Waals surface area contributed by atoms with E-state index in [1.165, 1.54) is 6.42 Å². The molecule has 0 aromatic heterocycles. The van der Waals surface area contributed by atoms with Crippen LogP contribution < -0.4 is 0 Å². The topological polar surface area (TPSA) is 3.24 Å². The zero-order valence-electron chi connectivity index (χ0n) is 6.52. The van der Waals surface area contributed by atoms with Crippen LogP contribution in [0.15, 0.2) is 0 Å². The Bertz CT molecular complexity index is 164. The number of alkyl halides is 2. The summed E-state index contributed by atoms with van der Waals surface area (Å²) in [4.78, 5) is 2.23. The SMILES string of the molecule is F[C@@H]1CN2CCC[C@]2(CCl)C1. The Balaban J connectivity index is 2.15. The molecule has 1 nitrogen and oxygen atoms in total. The van der Waals surface area contributed by atoms with Gasteiger partial charge < -0.3 is 0 Å². The first-order chi connectivity index (χ1) is 5.27. The fraction of sp³-hybridized carbons (Fsp3) is 1.00. The minimum Gasteiger partial charge on any atom is -0.293 e. The molecule has 0 saturated carbocycles. The highest BCUT2D eigenvalue weighted by Gasteiger charge is 2.47. The van der Waals surface area contributed by atoms with Crippen LogP contribution in [0.1, 0.15) is 19.3 Å². The number of halogens is 2. The lowest BCUT2D eigenvalue weighted by molar-refractivity contribution is 0.221. The Hall–Kier alpha value is 0.180. The van der Waals surface area contributed by atoms with Crippen molar-refractivity contribution in [2.24, 2.45) is 0 Å². The van der Waals surface area contributed by atoms with Gasteiger partial charge in [0.1, 0.15) is 6.17 Å². The molecule has 0 aromatic carbocycles. The zero-order chi connectivity index (χ0) is 7.90. The van der Waals surface area contributed by atoms with Crippen LogP contribution in [-0.4, -0.2) is 35.6 Å². The van der Waals surface area contributed by atoms with Gasteiger partial charge in [0.2, 0.25) is 0 Å². The highest BCUT2D eigenvalue weighted by molar-refractivity contribution is 6.18. The van der Waals surface area contributed by atoms with Crippen molar-refractivity contribution in [1.82, 2.24) is 4.90 Å². The van der Waals surface area contributed by atoms with Crippen molar-refractivity contribution < 1.29 is 4.39 Å². The Kier molecular flexibility index (Phi) is 1.84. The quantitative estimate of drug-likeness (QED) is 0.553. The van der Waals surface area contributed by atoms with Crippen molar-refractivity contribution in [1.29, 1.82) is 0 Å². The second-order valence-corrected chi connectivity index (χ2v) is 3.98. The van der Waals surface area contributed by atoms with Crippen LogP contribution in [0.25, 0.3) is 0 Å². The predicted molar refractivity (Wildman–Crippen MR) is 43.8 cm³/mol. The summed E-state index contributed by atoms with van der Waals surface area (Å²) in [5.74, 6) is 0.605. The Morgan fingerprint density at radius 3 is 3.09 bits per heavy atom. The third-order valence-corrected chi connectivity index (χ3v) is 3.51. The maximum absolute atomic E-state index is 13.0. The van der Waals surface area contributed by atoms with E-state index in [-0.39, 0.29) is 5.54 Å². The van der Waals surface area contributed by atoms with Crippen LogP contribution in [0, 0.1) is 0 Å². The highest BCUT2D eigenvalue weighted by Crippen LogP contribution is 2.40. The maximum atomic E-state index is 13.0. The van der Waals surface area contributed by atoms with Gasteiger partial charge in [-0.1, -0.05) is 0 Å². The van der Waals surface area contributed by atoms with Gasteiger partial charge in [0, 0.05) is 18.0 Å². The molecule has 0 amide bonds. The zero-order valence-corrected chi connectivity index (χ0v) is 7.28. The van der Waals surface area contributed by atoms with Gasteiger partial charge in [-0.05, 0) is 25.8 Å². The van der Waals surface area contributed by atoms with Gasteiger partial charge in [-0.25, -0.2) is 4.39 Å². The van der Waals surface area contributed by atoms with Crippen molar-refractivity contribution in [3.05, 3.63) is 0 Å². The average Bonchev–Trinajstić information content (AvgIpc) is 2.43. The van der Waals surface area contributed by atoms with Crippen LogP contribution >= 0.6 is 11.6 Å². The lowest BCUT2D eigenvalue weighted by atomic mass is 9.96. The number of rotatable bonds is 1. The van der Waals surface area contributed by atoms with Crippen LogP contribution in [-0.2, 0) is 0 Å². The molecular weight excluding hydrogens is 165 g/mol. The summed E-state index contributed by atoms with van der Waals surface area (Å²) in [6, 6.07) is 0. The van der Waals surface area contributed by atoms with Crippen LogP contribution in [0.5, 0.6) is 0 Å².